The molecule has 0 fully saturated rings. The summed E-state index contributed by atoms with van der Waals surface area (Å²) in [5.74, 6) is -0.494. The molecule has 1 aromatic carbocycles. The largest absolute Gasteiger partial charge is 0.492 e. The van der Waals surface area contributed by atoms with E-state index in [0.29, 0.717) is 17.0 Å². The third kappa shape index (κ3) is 5.96. The van der Waals surface area contributed by atoms with E-state index in [9.17, 15) is 33.0 Å². The van der Waals surface area contributed by atoms with Gasteiger partial charge in [0.25, 0.3) is 5.91 Å². The molecule has 1 amide bonds. The van der Waals surface area contributed by atoms with Crippen molar-refractivity contribution in [3.63, 3.8) is 0 Å². The predicted molar refractivity (Wildman–Crippen MR) is 125 cm³/mol. The van der Waals surface area contributed by atoms with E-state index in [1.165, 1.54) is 18.3 Å². The van der Waals surface area contributed by atoms with Crippen LogP contribution in [-0.4, -0.2) is 43.2 Å². The fourth-order valence-electron chi connectivity index (χ4n) is 2.82. The molecule has 3 rings (SSSR count). The molecule has 0 aliphatic rings. The Morgan fingerprint density at radius 1 is 1.32 bits per heavy atom. The molecule has 34 heavy (non-hydrogen) atoms. The van der Waals surface area contributed by atoms with Gasteiger partial charge in [0.2, 0.25) is 0 Å². The van der Waals surface area contributed by atoms with Crippen LogP contribution in [0, 0.1) is 0 Å². The van der Waals surface area contributed by atoms with Crippen LogP contribution in [0.1, 0.15) is 41.2 Å². The van der Waals surface area contributed by atoms with Crippen molar-refractivity contribution < 1.29 is 37.8 Å². The highest BCUT2D eigenvalue weighted by Gasteiger charge is 2.53. The number of carbonyl (C=O) groups is 1. The van der Waals surface area contributed by atoms with Gasteiger partial charge in [-0.2, -0.15) is 19.0 Å². The second kappa shape index (κ2) is 9.92. The minimum absolute atomic E-state index is 0.00299. The standard InChI is InChI=1S/C20H21BrF2N3O6PS/c1-19(2,28)5-7-32-14-9-11(18(27)24-10-12-4-3-6-25-26-12)8-13-15(21)17(34-16(13)14)20(22,23)33(29,30)31/h3-4,6,8-9,28H,5,7,10H2,1-2H3,(H,24,27)(H2,29,30,31). The molecule has 14 heteroatoms. The minimum atomic E-state index is -5.83. The van der Waals surface area contributed by atoms with Crippen LogP contribution in [0.25, 0.3) is 10.1 Å². The number of hydrogen-bond donors (Lipinski definition) is 4. The van der Waals surface area contributed by atoms with Crippen molar-refractivity contribution in [2.24, 2.45) is 0 Å². The first-order chi connectivity index (χ1) is 15.7. The Labute approximate surface area is 205 Å². The fraction of sp³-hybridized carbons (Fsp3) is 0.350. The van der Waals surface area contributed by atoms with Gasteiger partial charge in [-0.05, 0) is 54.0 Å². The molecule has 4 N–H and O–H groups in total. The number of halogens is 3. The van der Waals surface area contributed by atoms with E-state index in [0.717, 1.165) is 0 Å². The van der Waals surface area contributed by atoms with Crippen LogP contribution in [0.4, 0.5) is 8.78 Å². The lowest BCUT2D eigenvalue weighted by molar-refractivity contribution is 0.0555. The number of aliphatic hydroxyl groups is 1. The minimum Gasteiger partial charge on any atom is -0.492 e. The second-order valence-corrected chi connectivity index (χ2v) is 11.5. The summed E-state index contributed by atoms with van der Waals surface area (Å²) in [5.41, 5.74) is -4.94. The summed E-state index contributed by atoms with van der Waals surface area (Å²) in [5, 5.41) is 20.3. The average molecular weight is 580 g/mol. The van der Waals surface area contributed by atoms with Crippen LogP contribution >= 0.6 is 34.9 Å². The Morgan fingerprint density at radius 2 is 2.03 bits per heavy atom. The molecule has 3 aromatic rings. The predicted octanol–water partition coefficient (Wildman–Crippen LogP) is 4.15. The van der Waals surface area contributed by atoms with E-state index in [1.807, 2.05) is 0 Å². The smallest absolute Gasteiger partial charge is 0.400 e. The van der Waals surface area contributed by atoms with Gasteiger partial charge in [-0.15, -0.1) is 11.3 Å². The van der Waals surface area contributed by atoms with Gasteiger partial charge in [0.1, 0.15) is 10.6 Å². The Morgan fingerprint density at radius 3 is 2.62 bits per heavy atom. The van der Waals surface area contributed by atoms with E-state index in [-0.39, 0.29) is 45.4 Å². The lowest BCUT2D eigenvalue weighted by Crippen LogP contribution is -2.24. The van der Waals surface area contributed by atoms with Gasteiger partial charge in [-0.25, -0.2) is 0 Å². The van der Waals surface area contributed by atoms with Crippen molar-refractivity contribution in [2.45, 2.75) is 38.1 Å². The summed E-state index contributed by atoms with van der Waals surface area (Å²) < 4.78 is 46.1. The Bertz CT molecular complexity index is 1250. The normalized spacial score (nSPS) is 12.7. The molecule has 0 aliphatic heterocycles. The van der Waals surface area contributed by atoms with Crippen LogP contribution in [0.3, 0.4) is 0 Å². The lowest BCUT2D eigenvalue weighted by Gasteiger charge is -2.17. The zero-order chi connectivity index (χ0) is 25.3. The molecule has 0 bridgehead atoms. The quantitative estimate of drug-likeness (QED) is 0.277. The maximum Gasteiger partial charge on any atom is 0.400 e. The van der Waals surface area contributed by atoms with Crippen molar-refractivity contribution in [2.75, 3.05) is 6.61 Å². The second-order valence-electron chi connectivity index (χ2n) is 7.99. The number of benzene rings is 1. The number of thiophene rings is 1. The number of ether oxygens (including phenoxy) is 1. The summed E-state index contributed by atoms with van der Waals surface area (Å²) in [4.78, 5) is 30.3. The molecule has 9 nitrogen and oxygen atoms in total. The van der Waals surface area contributed by atoms with Crippen molar-refractivity contribution in [1.29, 1.82) is 0 Å². The molecule has 0 saturated carbocycles. The molecule has 0 radical (unpaired) electrons. The molecule has 184 valence electrons. The molecule has 0 saturated heterocycles. The third-order valence-electron chi connectivity index (χ3n) is 4.63. The third-order valence-corrected chi connectivity index (χ3v) is 8.11. The fourth-order valence-corrected chi connectivity index (χ4v) is 5.79. The van der Waals surface area contributed by atoms with E-state index >= 15 is 0 Å². The lowest BCUT2D eigenvalue weighted by atomic mass is 10.1. The van der Waals surface area contributed by atoms with Gasteiger partial charge in [0.15, 0.2) is 0 Å². The van der Waals surface area contributed by atoms with Gasteiger partial charge in [0.05, 0.1) is 29.1 Å². The van der Waals surface area contributed by atoms with Gasteiger partial charge in [-0.1, -0.05) is 0 Å². The molecule has 2 aromatic heterocycles. The number of fused-ring (bicyclic) bond motifs is 1. The maximum absolute atomic E-state index is 14.5. The van der Waals surface area contributed by atoms with Crippen LogP contribution in [0.15, 0.2) is 34.9 Å². The summed E-state index contributed by atoms with van der Waals surface area (Å²) >= 11 is 3.46. The summed E-state index contributed by atoms with van der Waals surface area (Å²) in [6.45, 7) is 3.21. The summed E-state index contributed by atoms with van der Waals surface area (Å²) in [7, 11) is -5.83. The first-order valence-corrected chi connectivity index (χ1v) is 13.0. The van der Waals surface area contributed by atoms with E-state index < -0.39 is 29.6 Å². The number of rotatable bonds is 9. The van der Waals surface area contributed by atoms with E-state index in [1.54, 1.807) is 26.0 Å². The molecule has 0 unspecified atom stereocenters. The van der Waals surface area contributed by atoms with Crippen LogP contribution < -0.4 is 10.1 Å². The highest BCUT2D eigenvalue weighted by atomic mass is 79.9. The van der Waals surface area contributed by atoms with Gasteiger partial charge in [0, 0.05) is 28.0 Å². The Hall–Kier alpha value is -2.02. The zero-order valence-electron chi connectivity index (χ0n) is 18.0. The van der Waals surface area contributed by atoms with Crippen LogP contribution in [-0.2, 0) is 16.8 Å². The van der Waals surface area contributed by atoms with Crippen molar-refractivity contribution in [1.82, 2.24) is 15.5 Å². The summed E-state index contributed by atoms with van der Waals surface area (Å²) in [6.07, 6.45) is 1.69. The Balaban J connectivity index is 2.03. The molecule has 0 atom stereocenters. The molecule has 2 heterocycles. The highest BCUT2D eigenvalue weighted by Crippen LogP contribution is 2.63. The number of nitrogens with one attached hydrogen (secondary N) is 1. The Kier molecular flexibility index (Phi) is 7.76. The van der Waals surface area contributed by atoms with Crippen molar-refractivity contribution >= 4 is 50.9 Å². The highest BCUT2D eigenvalue weighted by molar-refractivity contribution is 9.10. The number of alkyl halides is 2. The topological polar surface area (TPSA) is 142 Å². The van der Waals surface area contributed by atoms with Gasteiger partial charge < -0.3 is 24.9 Å². The molecular formula is C20H21BrF2N3O6PS. The van der Waals surface area contributed by atoms with Crippen molar-refractivity contribution in [3.8, 4) is 5.75 Å². The van der Waals surface area contributed by atoms with Gasteiger partial charge >= 0.3 is 13.3 Å². The molecular weight excluding hydrogens is 559 g/mol. The average Bonchev–Trinajstić information content (AvgIpc) is 3.08. The first kappa shape index (κ1) is 26.6. The maximum atomic E-state index is 14.5. The number of carbonyl (C=O) groups excluding carboxylic acids is 1. The van der Waals surface area contributed by atoms with E-state index in [2.05, 4.69) is 31.4 Å². The number of amides is 1. The number of aromatic nitrogens is 2. The van der Waals surface area contributed by atoms with E-state index in [4.69, 9.17) is 4.74 Å². The zero-order valence-corrected chi connectivity index (χ0v) is 21.3. The first-order valence-electron chi connectivity index (χ1n) is 9.80. The monoisotopic (exact) mass is 579 g/mol. The number of nitrogens with zero attached hydrogens (tertiary/aromatic N) is 2. The number of hydrogen-bond acceptors (Lipinski definition) is 7. The van der Waals surface area contributed by atoms with Crippen LogP contribution in [0.5, 0.6) is 5.75 Å². The van der Waals surface area contributed by atoms with Crippen molar-refractivity contribution in [3.05, 3.63) is 51.1 Å². The molecule has 0 aliphatic carbocycles. The van der Waals surface area contributed by atoms with Crippen LogP contribution in [0.2, 0.25) is 0 Å². The SMILES string of the molecule is CC(C)(O)CCOc1cc(C(=O)NCc2cccnn2)cc2c(Br)c(C(F)(F)P(=O)(O)O)sc12. The molecule has 0 spiro atoms. The summed E-state index contributed by atoms with van der Waals surface area (Å²) in [6, 6.07) is 5.99. The van der Waals surface area contributed by atoms with Gasteiger partial charge in [-0.3, -0.25) is 9.36 Å².